The van der Waals surface area contributed by atoms with E-state index >= 15 is 0 Å². The number of nitriles is 1. The lowest BCUT2D eigenvalue weighted by Gasteiger charge is -2.12. The smallest absolute Gasteiger partial charge is 0.270 e. The molecule has 0 radical (unpaired) electrons. The molecule has 0 fully saturated rings. The fraction of sp³-hybridized carbons (Fsp3) is 0.0741. The fourth-order valence-corrected chi connectivity index (χ4v) is 5.07. The van der Waals surface area contributed by atoms with Crippen molar-refractivity contribution >= 4 is 63.9 Å². The number of benzene rings is 3. The lowest BCUT2D eigenvalue weighted by Crippen LogP contribution is -2.34. The zero-order valence-corrected chi connectivity index (χ0v) is 23.0. The van der Waals surface area contributed by atoms with E-state index in [1.54, 1.807) is 42.5 Å². The van der Waals surface area contributed by atoms with E-state index < -0.39 is 5.56 Å². The number of hydrogen-bond acceptors (Lipinski definition) is 6. The van der Waals surface area contributed by atoms with Crippen LogP contribution in [0.2, 0.25) is 10.0 Å². The number of nitrogens with one attached hydrogen (secondary N) is 3. The molecule has 4 rings (SSSR count). The average molecular weight is 581 g/mol. The number of rotatable bonds is 6. The summed E-state index contributed by atoms with van der Waals surface area (Å²) in [5, 5.41) is 16.3. The summed E-state index contributed by atoms with van der Waals surface area (Å²) in [6.07, 6.45) is 0. The van der Waals surface area contributed by atoms with Crippen molar-refractivity contribution in [2.75, 3.05) is 5.32 Å². The van der Waals surface area contributed by atoms with Gasteiger partial charge in [0.2, 0.25) is 0 Å². The fourth-order valence-electron chi connectivity index (χ4n) is 3.48. The number of amides is 1. The first-order valence-corrected chi connectivity index (χ1v) is 13.3. The van der Waals surface area contributed by atoms with Crippen LogP contribution in [0.25, 0.3) is 11.3 Å². The number of aromatic nitrogens is 2. The molecule has 0 saturated carbocycles. The van der Waals surface area contributed by atoms with Crippen molar-refractivity contribution in [3.63, 3.8) is 0 Å². The van der Waals surface area contributed by atoms with Crippen LogP contribution in [-0.2, 0) is 5.75 Å². The molecule has 0 unspecified atom stereocenters. The van der Waals surface area contributed by atoms with E-state index in [1.807, 2.05) is 37.3 Å². The maximum atomic E-state index is 12.6. The van der Waals surface area contributed by atoms with Crippen molar-refractivity contribution in [1.29, 1.82) is 5.26 Å². The molecule has 11 heteroatoms. The Balaban J connectivity index is 1.44. The minimum absolute atomic E-state index is 0.122. The first-order valence-electron chi connectivity index (χ1n) is 11.2. The highest BCUT2D eigenvalue weighted by Gasteiger charge is 2.19. The van der Waals surface area contributed by atoms with E-state index in [4.69, 9.17) is 35.4 Å². The molecule has 38 heavy (non-hydrogen) atoms. The summed E-state index contributed by atoms with van der Waals surface area (Å²) in [5.74, 6) is 0.106. The predicted octanol–water partition coefficient (Wildman–Crippen LogP) is 6.34. The molecule has 190 valence electrons. The number of para-hydroxylation sites is 1. The number of nitrogens with zero attached hydrogens (tertiary/aromatic N) is 2. The molecule has 3 aromatic carbocycles. The Labute approximate surface area is 238 Å². The number of thioether (sulfide) groups is 1. The van der Waals surface area contributed by atoms with Gasteiger partial charge in [0, 0.05) is 22.6 Å². The summed E-state index contributed by atoms with van der Waals surface area (Å²) in [6, 6.07) is 21.4. The SMILES string of the molecule is Cc1ccccc1NC(=S)NC(=O)c1ccc(CSc2nc(-c3c(Cl)cccc3Cl)c(C#N)c(=O)[nH]2)cc1. The first-order chi connectivity index (χ1) is 18.3. The average Bonchev–Trinajstić information content (AvgIpc) is 2.89. The van der Waals surface area contributed by atoms with Crippen LogP contribution in [0.5, 0.6) is 0 Å². The lowest BCUT2D eigenvalue weighted by atomic mass is 10.1. The third kappa shape index (κ3) is 6.41. The van der Waals surface area contributed by atoms with Crippen LogP contribution in [0, 0.1) is 18.3 Å². The Bertz CT molecular complexity index is 1610. The number of anilines is 1. The number of aryl methyl sites for hydroxylation is 1. The molecule has 1 amide bonds. The highest BCUT2D eigenvalue weighted by atomic mass is 35.5. The third-order valence-corrected chi connectivity index (χ3v) is 7.20. The second-order valence-electron chi connectivity index (χ2n) is 8.01. The van der Waals surface area contributed by atoms with Crippen molar-refractivity contribution in [2.24, 2.45) is 0 Å². The molecule has 0 aliphatic heterocycles. The number of carbonyl (C=O) groups excluding carboxylic acids is 1. The van der Waals surface area contributed by atoms with Gasteiger partial charge in [-0.2, -0.15) is 5.26 Å². The molecule has 0 saturated heterocycles. The van der Waals surface area contributed by atoms with Crippen LogP contribution < -0.4 is 16.2 Å². The van der Waals surface area contributed by atoms with Crippen LogP contribution in [0.4, 0.5) is 5.69 Å². The molecule has 4 aromatic rings. The summed E-state index contributed by atoms with van der Waals surface area (Å²) in [5.41, 5.74) is 2.84. The zero-order valence-electron chi connectivity index (χ0n) is 19.8. The topological polar surface area (TPSA) is 111 Å². The number of carbonyl (C=O) groups is 1. The van der Waals surface area contributed by atoms with Crippen LogP contribution in [0.1, 0.15) is 27.0 Å². The van der Waals surface area contributed by atoms with Gasteiger partial charge >= 0.3 is 0 Å². The van der Waals surface area contributed by atoms with Gasteiger partial charge in [0.05, 0.1) is 15.7 Å². The Morgan fingerprint density at radius 2 is 1.76 bits per heavy atom. The van der Waals surface area contributed by atoms with Crippen LogP contribution in [-0.4, -0.2) is 21.0 Å². The van der Waals surface area contributed by atoms with Gasteiger partial charge in [0.1, 0.15) is 11.6 Å². The third-order valence-electron chi connectivity index (χ3n) is 5.42. The predicted molar refractivity (Wildman–Crippen MR) is 156 cm³/mol. The van der Waals surface area contributed by atoms with Crippen molar-refractivity contribution < 1.29 is 4.79 Å². The minimum Gasteiger partial charge on any atom is -0.332 e. The molecule has 0 spiro atoms. The molecule has 0 atom stereocenters. The monoisotopic (exact) mass is 579 g/mol. The molecular formula is C27H19Cl2N5O2S2. The number of thiocarbonyl (C=S) groups is 1. The quantitative estimate of drug-likeness (QED) is 0.139. The highest BCUT2D eigenvalue weighted by molar-refractivity contribution is 7.98. The van der Waals surface area contributed by atoms with Gasteiger partial charge in [0.25, 0.3) is 11.5 Å². The normalized spacial score (nSPS) is 10.5. The number of halogens is 2. The first kappa shape index (κ1) is 27.4. The summed E-state index contributed by atoms with van der Waals surface area (Å²) in [7, 11) is 0. The molecule has 0 aliphatic carbocycles. The Hall–Kier alpha value is -3.68. The van der Waals surface area contributed by atoms with E-state index in [0.717, 1.165) is 16.8 Å². The maximum absolute atomic E-state index is 12.6. The number of H-pyrrole nitrogens is 1. The van der Waals surface area contributed by atoms with E-state index in [9.17, 15) is 14.9 Å². The molecule has 1 aromatic heterocycles. The summed E-state index contributed by atoms with van der Waals surface area (Å²) < 4.78 is 0. The molecule has 1 heterocycles. The standard InChI is InChI=1S/C27H19Cl2N5O2S2/c1-15-5-2-3-8-21(15)31-26(37)33-24(35)17-11-9-16(10-12-17)14-38-27-32-23(18(13-30)25(36)34-27)22-19(28)6-4-7-20(22)29/h2-12H,14H2,1H3,(H,32,34,36)(H2,31,33,35,37). The number of aromatic amines is 1. The Kier molecular flexibility index (Phi) is 8.81. The van der Waals surface area contributed by atoms with E-state index in [2.05, 4.69) is 20.6 Å². The second-order valence-corrected chi connectivity index (χ2v) is 10.2. The van der Waals surface area contributed by atoms with Crippen molar-refractivity contribution in [2.45, 2.75) is 17.8 Å². The summed E-state index contributed by atoms with van der Waals surface area (Å²) in [6.45, 7) is 1.94. The highest BCUT2D eigenvalue weighted by Crippen LogP contribution is 2.35. The lowest BCUT2D eigenvalue weighted by molar-refractivity contribution is 0.0977. The van der Waals surface area contributed by atoms with E-state index in [-0.39, 0.29) is 32.3 Å². The van der Waals surface area contributed by atoms with Crippen molar-refractivity contribution in [3.05, 3.63) is 109 Å². The van der Waals surface area contributed by atoms with Gasteiger partial charge < -0.3 is 10.3 Å². The van der Waals surface area contributed by atoms with Gasteiger partial charge in [-0.15, -0.1) is 0 Å². The van der Waals surface area contributed by atoms with Crippen molar-refractivity contribution in [3.8, 4) is 17.3 Å². The molecule has 7 nitrogen and oxygen atoms in total. The van der Waals surface area contributed by atoms with Gasteiger partial charge in [-0.25, -0.2) is 4.98 Å². The largest absolute Gasteiger partial charge is 0.332 e. The number of hydrogen-bond donors (Lipinski definition) is 3. The van der Waals surface area contributed by atoms with Gasteiger partial charge in [-0.05, 0) is 60.6 Å². The molecular weight excluding hydrogens is 561 g/mol. The Morgan fingerprint density at radius 3 is 2.42 bits per heavy atom. The molecule has 3 N–H and O–H groups in total. The van der Waals surface area contributed by atoms with Gasteiger partial charge in [-0.1, -0.05) is 71.4 Å². The Morgan fingerprint density at radius 1 is 1.08 bits per heavy atom. The van der Waals surface area contributed by atoms with E-state index in [1.165, 1.54) is 11.8 Å². The van der Waals surface area contributed by atoms with Crippen LogP contribution in [0.3, 0.4) is 0 Å². The molecule has 0 bridgehead atoms. The summed E-state index contributed by atoms with van der Waals surface area (Å²) in [4.78, 5) is 32.3. The second kappa shape index (κ2) is 12.2. The van der Waals surface area contributed by atoms with Crippen LogP contribution in [0.15, 0.2) is 76.7 Å². The summed E-state index contributed by atoms with van der Waals surface area (Å²) >= 11 is 19.1. The maximum Gasteiger partial charge on any atom is 0.270 e. The van der Waals surface area contributed by atoms with Crippen LogP contribution >= 0.6 is 47.2 Å². The van der Waals surface area contributed by atoms with Crippen molar-refractivity contribution in [1.82, 2.24) is 15.3 Å². The zero-order chi connectivity index (χ0) is 27.2. The van der Waals surface area contributed by atoms with E-state index in [0.29, 0.717) is 22.0 Å². The van der Waals surface area contributed by atoms with Gasteiger partial charge in [-0.3, -0.25) is 14.9 Å². The molecule has 0 aliphatic rings. The van der Waals surface area contributed by atoms with Gasteiger partial charge in [0.15, 0.2) is 10.3 Å². The minimum atomic E-state index is -0.585.